The fourth-order valence-electron chi connectivity index (χ4n) is 1.71. The van der Waals surface area contributed by atoms with Crippen molar-refractivity contribution in [2.75, 3.05) is 13.6 Å². The molecule has 0 aromatic rings. The van der Waals surface area contributed by atoms with Crippen LogP contribution in [0.15, 0.2) is 0 Å². The summed E-state index contributed by atoms with van der Waals surface area (Å²) in [7, 11) is -10.1. The van der Waals surface area contributed by atoms with Crippen LogP contribution >= 0.6 is 0 Å². The second kappa shape index (κ2) is 8.11. The van der Waals surface area contributed by atoms with Gasteiger partial charge in [0.2, 0.25) is 0 Å². The molecular weight excluding hydrogens is 565 g/mol. The summed E-state index contributed by atoms with van der Waals surface area (Å²) in [5, 5.41) is 0.351. The molecule has 0 fully saturated rings. The largest absolute Gasteiger partial charge is 0.480 e. The highest BCUT2D eigenvalue weighted by molar-refractivity contribution is 7.90. The van der Waals surface area contributed by atoms with Crippen molar-refractivity contribution in [2.24, 2.45) is 0 Å². The number of hydrogen-bond donors (Lipinski definition) is 1. The SMILES string of the molecule is [2H]CN(CC(=O)O)S(=O)(=O)C(F)(F)C(F)(F)C(F)(F)C(F)(F)C(F)(F)C(F)(F)C(F)(F)C(F)(F)F. The molecule has 204 valence electrons. The van der Waals surface area contributed by atoms with Gasteiger partial charge < -0.3 is 5.11 Å². The topological polar surface area (TPSA) is 74.7 Å². The van der Waals surface area contributed by atoms with Gasteiger partial charge in [0.05, 0.1) is 0 Å². The highest BCUT2D eigenvalue weighted by Gasteiger charge is 2.96. The Morgan fingerprint density at radius 1 is 0.676 bits per heavy atom. The summed E-state index contributed by atoms with van der Waals surface area (Å²) < 4.78 is 250. The van der Waals surface area contributed by atoms with Crippen molar-refractivity contribution in [1.82, 2.24) is 4.31 Å². The molecular formula is C11H6F17NO4S. The lowest BCUT2D eigenvalue weighted by atomic mass is 9.91. The molecule has 0 spiro atoms. The molecule has 5 nitrogen and oxygen atoms in total. The molecule has 0 amide bonds. The number of carboxylic acids is 1. The van der Waals surface area contributed by atoms with Crippen LogP contribution in [-0.2, 0) is 14.8 Å². The van der Waals surface area contributed by atoms with Gasteiger partial charge in [0, 0.05) is 8.39 Å². The van der Waals surface area contributed by atoms with Crippen molar-refractivity contribution in [1.29, 1.82) is 0 Å². The Kier molecular flexibility index (Phi) is 7.21. The smallest absolute Gasteiger partial charge is 0.460 e. The Labute approximate surface area is 176 Å². The van der Waals surface area contributed by atoms with Gasteiger partial charge in [0.1, 0.15) is 6.54 Å². The molecule has 0 aliphatic carbocycles. The summed E-state index contributed by atoms with van der Waals surface area (Å²) in [6.07, 6.45) is -7.94. The predicted molar refractivity (Wildman–Crippen MR) is 69.9 cm³/mol. The number of likely N-dealkylation sites (N-methyl/N-ethyl adjacent to an activating group) is 1. The van der Waals surface area contributed by atoms with Gasteiger partial charge in [-0.2, -0.15) is 78.9 Å². The van der Waals surface area contributed by atoms with E-state index in [4.69, 9.17) is 6.48 Å². The lowest BCUT2D eigenvalue weighted by Gasteiger charge is -2.42. The standard InChI is InChI=1S/C11H6F17NO4S/c1-29(2-3(30)31)34(32,33)11(27,28)9(22,23)7(18,19)5(14,15)4(12,13)6(16,17)8(20,21)10(24,25)26/h2H2,1H3,(H,30,31)/i1D. The minimum Gasteiger partial charge on any atom is -0.480 e. The second-order valence-electron chi connectivity index (χ2n) is 5.97. The number of aliphatic carboxylic acids is 1. The van der Waals surface area contributed by atoms with E-state index in [9.17, 15) is 87.8 Å². The van der Waals surface area contributed by atoms with Crippen molar-refractivity contribution >= 4 is 16.0 Å². The molecule has 34 heavy (non-hydrogen) atoms. The molecule has 0 rings (SSSR count). The van der Waals surface area contributed by atoms with E-state index in [1.165, 1.54) is 0 Å². The van der Waals surface area contributed by atoms with E-state index in [0.29, 0.717) is 0 Å². The summed E-state index contributed by atoms with van der Waals surface area (Å²) in [6, 6.07) is 0. The maximum absolute atomic E-state index is 13.8. The van der Waals surface area contributed by atoms with Crippen molar-refractivity contribution in [3.8, 4) is 0 Å². The maximum atomic E-state index is 13.8. The maximum Gasteiger partial charge on any atom is 0.460 e. The van der Waals surface area contributed by atoms with Crippen LogP contribution < -0.4 is 0 Å². The molecule has 0 aromatic carbocycles. The molecule has 0 heterocycles. The van der Waals surface area contributed by atoms with Crippen LogP contribution in [0.2, 0.25) is 0 Å². The van der Waals surface area contributed by atoms with Gasteiger partial charge in [-0.3, -0.25) is 4.79 Å². The Balaban J connectivity index is 7.05. The van der Waals surface area contributed by atoms with Crippen molar-refractivity contribution in [3.63, 3.8) is 0 Å². The zero-order valence-corrected chi connectivity index (χ0v) is 15.7. The van der Waals surface area contributed by atoms with E-state index < -0.39 is 80.8 Å². The first-order valence-electron chi connectivity index (χ1n) is 7.80. The van der Waals surface area contributed by atoms with Crippen molar-refractivity contribution in [2.45, 2.75) is 47.0 Å². The zero-order valence-electron chi connectivity index (χ0n) is 15.9. The highest BCUT2D eigenvalue weighted by Crippen LogP contribution is 2.64. The number of halogens is 17. The summed E-state index contributed by atoms with van der Waals surface area (Å²) >= 11 is 0. The molecule has 0 saturated carbocycles. The van der Waals surface area contributed by atoms with Gasteiger partial charge in [-0.15, -0.1) is 0 Å². The van der Waals surface area contributed by atoms with E-state index in [-0.39, 0.29) is 0 Å². The molecule has 0 unspecified atom stereocenters. The third kappa shape index (κ3) is 4.00. The van der Waals surface area contributed by atoms with E-state index in [0.717, 1.165) is 0 Å². The Bertz CT molecular complexity index is 915. The fourth-order valence-corrected chi connectivity index (χ4v) is 2.77. The number of rotatable bonds is 10. The molecule has 0 atom stereocenters. The normalized spacial score (nSPS) is 16.6. The van der Waals surface area contributed by atoms with Crippen LogP contribution in [0.25, 0.3) is 0 Å². The summed E-state index contributed by atoms with van der Waals surface area (Å²) in [6.45, 7) is -2.45. The first-order chi connectivity index (χ1) is 14.9. The Morgan fingerprint density at radius 3 is 1.24 bits per heavy atom. The van der Waals surface area contributed by atoms with Gasteiger partial charge in [-0.25, -0.2) is 8.42 Å². The lowest BCUT2D eigenvalue weighted by molar-refractivity contribution is -0.458. The number of sulfonamides is 1. The van der Waals surface area contributed by atoms with Crippen molar-refractivity contribution in [3.05, 3.63) is 0 Å². The molecule has 0 aliphatic rings. The number of hydrogen-bond acceptors (Lipinski definition) is 3. The molecule has 0 bridgehead atoms. The minimum atomic E-state index is -8.99. The highest BCUT2D eigenvalue weighted by atomic mass is 32.2. The lowest BCUT2D eigenvalue weighted by Crippen LogP contribution is -2.75. The zero-order chi connectivity index (χ0) is 29.1. The van der Waals surface area contributed by atoms with Gasteiger partial charge in [0.15, 0.2) is 0 Å². The summed E-state index contributed by atoms with van der Waals surface area (Å²) in [5.41, 5.74) is 0. The quantitative estimate of drug-likeness (QED) is 0.397. The third-order valence-corrected chi connectivity index (χ3v) is 5.38. The van der Waals surface area contributed by atoms with Gasteiger partial charge in [0.25, 0.3) is 10.0 Å². The van der Waals surface area contributed by atoms with Crippen LogP contribution in [0.1, 0.15) is 1.37 Å². The molecule has 0 saturated heterocycles. The van der Waals surface area contributed by atoms with E-state index in [1.54, 1.807) is 0 Å². The Morgan fingerprint density at radius 2 is 0.971 bits per heavy atom. The van der Waals surface area contributed by atoms with Crippen LogP contribution in [-0.4, -0.2) is 84.3 Å². The molecule has 1 N–H and O–H groups in total. The molecule has 23 heteroatoms. The minimum absolute atomic E-state index is 1.64. The average molecular weight is 572 g/mol. The van der Waals surface area contributed by atoms with Gasteiger partial charge in [-0.05, 0) is 0 Å². The van der Waals surface area contributed by atoms with Crippen molar-refractivity contribution < 1.29 is 94.3 Å². The molecule has 0 aromatic heterocycles. The van der Waals surface area contributed by atoms with Gasteiger partial charge in [-0.1, -0.05) is 0 Å². The number of alkyl halides is 17. The first-order valence-corrected chi connectivity index (χ1v) is 8.54. The molecule has 0 radical (unpaired) electrons. The third-order valence-electron chi connectivity index (χ3n) is 3.67. The Hall–Kier alpha value is -1.81. The summed E-state index contributed by atoms with van der Waals surface area (Å²) in [4.78, 5) is 10.3. The second-order valence-corrected chi connectivity index (χ2v) is 7.95. The summed E-state index contributed by atoms with van der Waals surface area (Å²) in [5.74, 6) is -55.1. The van der Waals surface area contributed by atoms with E-state index in [2.05, 4.69) is 0 Å². The monoisotopic (exact) mass is 572 g/mol. The fraction of sp³-hybridized carbons (Fsp3) is 0.909. The van der Waals surface area contributed by atoms with Crippen LogP contribution in [0.5, 0.6) is 0 Å². The van der Waals surface area contributed by atoms with E-state index in [1.807, 2.05) is 0 Å². The van der Waals surface area contributed by atoms with Crippen LogP contribution in [0, 0.1) is 0 Å². The number of carboxylic acid groups (broad SMARTS) is 1. The number of carbonyl (C=O) groups is 1. The number of nitrogens with zero attached hydrogens (tertiary/aromatic N) is 1. The first kappa shape index (κ1) is 30.2. The van der Waals surface area contributed by atoms with Crippen LogP contribution in [0.4, 0.5) is 74.6 Å². The van der Waals surface area contributed by atoms with Gasteiger partial charge >= 0.3 is 52.9 Å². The van der Waals surface area contributed by atoms with Crippen LogP contribution in [0.3, 0.4) is 0 Å². The molecule has 0 aliphatic heterocycles. The average Bonchev–Trinajstić information content (AvgIpc) is 2.63. The van der Waals surface area contributed by atoms with E-state index >= 15 is 0 Å². The predicted octanol–water partition coefficient (Wildman–Crippen LogP) is 4.30.